The van der Waals surface area contributed by atoms with E-state index in [4.69, 9.17) is 5.73 Å². The smallest absolute Gasteiger partial charge is 0.253 e. The van der Waals surface area contributed by atoms with Crippen LogP contribution in [0.2, 0.25) is 0 Å². The van der Waals surface area contributed by atoms with Crippen LogP contribution in [-0.2, 0) is 6.54 Å². The quantitative estimate of drug-likeness (QED) is 0.392. The molecule has 1 aromatic heterocycles. The van der Waals surface area contributed by atoms with Crippen molar-refractivity contribution in [1.29, 1.82) is 10.5 Å². The molecule has 40 heavy (non-hydrogen) atoms. The van der Waals surface area contributed by atoms with Gasteiger partial charge in [0.1, 0.15) is 34.6 Å². The number of carbonyl (C=O) groups is 1. The van der Waals surface area contributed by atoms with Crippen LogP contribution in [0.25, 0.3) is 33.3 Å². The largest absolute Gasteiger partial charge is 0.389 e. The number of aliphatic hydroxyl groups is 1. The van der Waals surface area contributed by atoms with Crippen molar-refractivity contribution in [2.24, 2.45) is 5.73 Å². The molecule has 2 heterocycles. The molecule has 9 nitrogen and oxygen atoms in total. The van der Waals surface area contributed by atoms with Gasteiger partial charge >= 0.3 is 0 Å². The first-order chi connectivity index (χ1) is 19.0. The van der Waals surface area contributed by atoms with Crippen LogP contribution < -0.4 is 5.73 Å². The van der Waals surface area contributed by atoms with Crippen LogP contribution >= 0.6 is 0 Å². The van der Waals surface area contributed by atoms with Crippen LogP contribution in [0.4, 0.5) is 8.78 Å². The summed E-state index contributed by atoms with van der Waals surface area (Å²) in [7, 11) is 0. The van der Waals surface area contributed by atoms with E-state index >= 15 is 4.39 Å². The number of nitriles is 2. The van der Waals surface area contributed by atoms with Crippen molar-refractivity contribution in [3.8, 4) is 34.4 Å². The Morgan fingerprint density at radius 3 is 2.52 bits per heavy atom. The normalized spacial score (nSPS) is 15.3. The monoisotopic (exact) mass is 541 g/mol. The molecule has 0 spiro atoms. The third-order valence-corrected chi connectivity index (χ3v) is 6.85. The van der Waals surface area contributed by atoms with Crippen molar-refractivity contribution < 1.29 is 18.7 Å². The summed E-state index contributed by atoms with van der Waals surface area (Å²) >= 11 is 0. The molecule has 1 aliphatic rings. The maximum absolute atomic E-state index is 16.1. The first-order valence-corrected chi connectivity index (χ1v) is 12.6. The van der Waals surface area contributed by atoms with Crippen molar-refractivity contribution in [3.05, 3.63) is 70.8 Å². The molecule has 1 aliphatic heterocycles. The lowest BCUT2D eigenvalue weighted by molar-refractivity contribution is 0.0584. The van der Waals surface area contributed by atoms with Crippen LogP contribution in [0.1, 0.15) is 41.8 Å². The number of hydrogen-bond acceptors (Lipinski definition) is 7. The van der Waals surface area contributed by atoms with E-state index in [2.05, 4.69) is 10.3 Å². The van der Waals surface area contributed by atoms with Crippen molar-refractivity contribution in [2.45, 2.75) is 38.5 Å². The zero-order valence-electron chi connectivity index (χ0n) is 21.8. The van der Waals surface area contributed by atoms with Gasteiger partial charge in [0, 0.05) is 30.3 Å². The lowest BCUT2D eigenvalue weighted by Crippen LogP contribution is -2.31. The summed E-state index contributed by atoms with van der Waals surface area (Å²) in [6.07, 6.45) is 0.674. The highest BCUT2D eigenvalue weighted by atomic mass is 19.1. The summed E-state index contributed by atoms with van der Waals surface area (Å²) in [5.74, 6) is -1.89. The van der Waals surface area contributed by atoms with Gasteiger partial charge < -0.3 is 15.7 Å². The van der Waals surface area contributed by atoms with Gasteiger partial charge in [0.05, 0.1) is 17.7 Å². The fourth-order valence-corrected chi connectivity index (χ4v) is 4.97. The van der Waals surface area contributed by atoms with Gasteiger partial charge in [-0.1, -0.05) is 17.3 Å². The van der Waals surface area contributed by atoms with Crippen molar-refractivity contribution in [1.82, 2.24) is 19.9 Å². The molecule has 202 valence electrons. The molecular weight excluding hydrogens is 516 g/mol. The summed E-state index contributed by atoms with van der Waals surface area (Å²) < 4.78 is 32.0. The van der Waals surface area contributed by atoms with Crippen molar-refractivity contribution in [3.63, 3.8) is 0 Å². The zero-order chi connectivity index (χ0) is 28.8. The van der Waals surface area contributed by atoms with Gasteiger partial charge in [0.25, 0.3) is 5.91 Å². The number of halogens is 2. The molecule has 1 saturated heterocycles. The number of amides is 1. The second kappa shape index (κ2) is 10.1. The minimum Gasteiger partial charge on any atom is -0.389 e. The molecule has 0 radical (unpaired) electrons. The van der Waals surface area contributed by atoms with Gasteiger partial charge in [0.2, 0.25) is 0 Å². The predicted molar refractivity (Wildman–Crippen MR) is 143 cm³/mol. The minimum absolute atomic E-state index is 0.00122. The molecular formula is C29H25F2N7O2. The number of fused-ring (bicyclic) bond motifs is 1. The number of benzene rings is 3. The number of carbonyl (C=O) groups excluding carboxylic acids is 1. The van der Waals surface area contributed by atoms with E-state index in [-0.39, 0.29) is 51.8 Å². The standard InChI is InChI=1S/C29H25F2N7O2/c1-29(2,40)15-38-27-23(13-33)26(31)22(11-25(27)35-36-38)20-6-5-17(28(39)37-8-7-19(34)14-37)9-21(20)16-3-4-18(12-32)24(30)10-16/h3-6,9-11,19,40H,7-8,14-15,34H2,1-2H3. The third-order valence-electron chi connectivity index (χ3n) is 6.85. The SMILES string of the molecule is CC(C)(O)Cn1nnc2cc(-c3ccc(C(=O)N4CCC(N)C4)cc3-c3ccc(C#N)c(F)c3)c(F)c(C#N)c21. The zero-order valence-corrected chi connectivity index (χ0v) is 21.8. The highest BCUT2D eigenvalue weighted by Gasteiger charge is 2.27. The number of nitrogens with zero attached hydrogens (tertiary/aromatic N) is 6. The Labute approximate surface area is 228 Å². The average Bonchev–Trinajstić information content (AvgIpc) is 3.52. The van der Waals surface area contributed by atoms with E-state index < -0.39 is 17.2 Å². The molecule has 5 rings (SSSR count). The number of nitrogens with two attached hydrogens (primary N) is 1. The Morgan fingerprint density at radius 2 is 1.90 bits per heavy atom. The number of rotatable bonds is 5. The molecule has 11 heteroatoms. The summed E-state index contributed by atoms with van der Waals surface area (Å²) in [4.78, 5) is 14.9. The first-order valence-electron chi connectivity index (χ1n) is 12.6. The molecule has 0 saturated carbocycles. The highest BCUT2D eigenvalue weighted by Crippen LogP contribution is 2.38. The van der Waals surface area contributed by atoms with E-state index in [0.29, 0.717) is 36.2 Å². The maximum atomic E-state index is 16.1. The molecule has 1 amide bonds. The van der Waals surface area contributed by atoms with Gasteiger partial charge in [-0.05, 0) is 67.3 Å². The molecule has 3 N–H and O–H groups in total. The third kappa shape index (κ3) is 4.89. The van der Waals surface area contributed by atoms with E-state index in [1.54, 1.807) is 43.0 Å². The Balaban J connectivity index is 1.72. The Morgan fingerprint density at radius 1 is 1.12 bits per heavy atom. The first kappa shape index (κ1) is 26.9. The average molecular weight is 542 g/mol. The van der Waals surface area contributed by atoms with Gasteiger partial charge in [-0.15, -0.1) is 5.10 Å². The summed E-state index contributed by atoms with van der Waals surface area (Å²) in [6.45, 7) is 3.99. The fraction of sp³-hybridized carbons (Fsp3) is 0.276. The van der Waals surface area contributed by atoms with Crippen LogP contribution in [0.15, 0.2) is 42.5 Å². The second-order valence-electron chi connectivity index (χ2n) is 10.5. The Hall–Kier alpha value is -4.71. The fourth-order valence-electron chi connectivity index (χ4n) is 4.97. The number of hydrogen-bond donors (Lipinski definition) is 2. The van der Waals surface area contributed by atoms with Crippen LogP contribution in [0, 0.1) is 34.3 Å². The molecule has 4 aromatic rings. The topological polar surface area (TPSA) is 145 Å². The van der Waals surface area contributed by atoms with Crippen molar-refractivity contribution in [2.75, 3.05) is 13.1 Å². The lowest BCUT2D eigenvalue weighted by Gasteiger charge is -2.19. The van der Waals surface area contributed by atoms with E-state index in [1.165, 1.54) is 22.9 Å². The Kier molecular flexibility index (Phi) is 6.80. The number of likely N-dealkylation sites (tertiary alicyclic amines) is 1. The summed E-state index contributed by atoms with van der Waals surface area (Å²) in [5.41, 5.74) is 5.88. The molecule has 3 aromatic carbocycles. The summed E-state index contributed by atoms with van der Waals surface area (Å²) in [5, 5.41) is 37.4. The summed E-state index contributed by atoms with van der Waals surface area (Å²) in [6, 6.07) is 13.6. The van der Waals surface area contributed by atoms with Gasteiger partial charge in [-0.2, -0.15) is 10.5 Å². The highest BCUT2D eigenvalue weighted by molar-refractivity contribution is 5.99. The minimum atomic E-state index is -1.20. The van der Waals surface area contributed by atoms with Crippen LogP contribution in [-0.4, -0.2) is 55.6 Å². The van der Waals surface area contributed by atoms with Gasteiger partial charge in [-0.3, -0.25) is 4.79 Å². The van der Waals surface area contributed by atoms with Crippen LogP contribution in [0.5, 0.6) is 0 Å². The van der Waals surface area contributed by atoms with Crippen molar-refractivity contribution >= 4 is 16.9 Å². The number of aromatic nitrogens is 3. The van der Waals surface area contributed by atoms with E-state index in [0.717, 1.165) is 6.07 Å². The Bertz CT molecular complexity index is 1740. The predicted octanol–water partition coefficient (Wildman–Crippen LogP) is 3.73. The van der Waals surface area contributed by atoms with Crippen LogP contribution in [0.3, 0.4) is 0 Å². The van der Waals surface area contributed by atoms with E-state index in [1.807, 2.05) is 6.07 Å². The van der Waals surface area contributed by atoms with Gasteiger partial charge in [-0.25, -0.2) is 13.5 Å². The van der Waals surface area contributed by atoms with E-state index in [9.17, 15) is 24.8 Å². The second-order valence-corrected chi connectivity index (χ2v) is 10.5. The lowest BCUT2D eigenvalue weighted by atomic mass is 9.90. The molecule has 0 bridgehead atoms. The molecule has 1 fully saturated rings. The molecule has 0 aliphatic carbocycles. The maximum Gasteiger partial charge on any atom is 0.253 e. The molecule has 1 unspecified atom stereocenters. The van der Waals surface area contributed by atoms with Gasteiger partial charge in [0.15, 0.2) is 5.82 Å². The molecule has 1 atom stereocenters.